The Morgan fingerprint density at radius 3 is 2.06 bits per heavy atom. The first kappa shape index (κ1) is 13.0. The van der Waals surface area contributed by atoms with Gasteiger partial charge in [0.1, 0.15) is 5.78 Å². The minimum absolute atomic E-state index is 0.181. The fraction of sp³-hybridized carbons (Fsp3) is 0.533. The largest absolute Gasteiger partial charge is 0.300 e. The summed E-state index contributed by atoms with van der Waals surface area (Å²) in [5, 5.41) is 0. The predicted octanol–water partition coefficient (Wildman–Crippen LogP) is 3.77. The molecule has 1 atom stereocenters. The van der Waals surface area contributed by atoms with Crippen molar-refractivity contribution in [1.82, 2.24) is 0 Å². The van der Waals surface area contributed by atoms with E-state index in [0.717, 1.165) is 12.8 Å². The molecule has 88 valence electrons. The molecule has 0 saturated carbocycles. The topological polar surface area (TPSA) is 17.1 Å². The summed E-state index contributed by atoms with van der Waals surface area (Å²) in [5.74, 6) is 0.488. The molecule has 0 fully saturated rings. The molecule has 0 N–H and O–H groups in total. The standard InChI is InChI=1S/C15H22O/c1-6-14(13(5)16)9-15-11(3)7-10(2)8-12(15)4/h7-8,14H,6,9H2,1-5H3. The van der Waals surface area contributed by atoms with E-state index in [1.807, 2.05) is 0 Å². The number of benzene rings is 1. The summed E-state index contributed by atoms with van der Waals surface area (Å²) in [7, 11) is 0. The average molecular weight is 218 g/mol. The molecule has 0 spiro atoms. The van der Waals surface area contributed by atoms with Crippen LogP contribution in [0.3, 0.4) is 0 Å². The Kier molecular flexibility index (Phi) is 4.28. The second-order valence-electron chi connectivity index (χ2n) is 4.80. The van der Waals surface area contributed by atoms with E-state index in [0.29, 0.717) is 5.78 Å². The molecule has 0 bridgehead atoms. The number of ketones is 1. The minimum atomic E-state index is 0.181. The Labute approximate surface area is 98.9 Å². The Balaban J connectivity index is 3.01. The van der Waals surface area contributed by atoms with Gasteiger partial charge < -0.3 is 0 Å². The van der Waals surface area contributed by atoms with Gasteiger partial charge in [-0.1, -0.05) is 24.6 Å². The number of carbonyl (C=O) groups excluding carboxylic acids is 1. The summed E-state index contributed by atoms with van der Waals surface area (Å²) < 4.78 is 0. The minimum Gasteiger partial charge on any atom is -0.300 e. The van der Waals surface area contributed by atoms with E-state index in [1.54, 1.807) is 6.92 Å². The van der Waals surface area contributed by atoms with Gasteiger partial charge in [0.2, 0.25) is 0 Å². The van der Waals surface area contributed by atoms with Gasteiger partial charge in [-0.3, -0.25) is 4.79 Å². The second-order valence-corrected chi connectivity index (χ2v) is 4.80. The lowest BCUT2D eigenvalue weighted by molar-refractivity contribution is -0.120. The number of rotatable bonds is 4. The molecule has 0 aliphatic heterocycles. The smallest absolute Gasteiger partial charge is 0.133 e. The van der Waals surface area contributed by atoms with Crippen LogP contribution in [0.5, 0.6) is 0 Å². The molecule has 1 aromatic rings. The van der Waals surface area contributed by atoms with E-state index in [-0.39, 0.29) is 5.92 Å². The number of carbonyl (C=O) groups is 1. The first-order chi connectivity index (χ1) is 7.45. The molecule has 0 aliphatic rings. The SMILES string of the molecule is CCC(Cc1c(C)cc(C)cc1C)C(C)=O. The summed E-state index contributed by atoms with van der Waals surface area (Å²) >= 11 is 0. The third kappa shape index (κ3) is 2.94. The highest BCUT2D eigenvalue weighted by atomic mass is 16.1. The monoisotopic (exact) mass is 218 g/mol. The Morgan fingerprint density at radius 2 is 1.69 bits per heavy atom. The molecule has 1 aromatic carbocycles. The fourth-order valence-corrected chi connectivity index (χ4v) is 2.35. The van der Waals surface area contributed by atoms with Crippen molar-refractivity contribution in [2.45, 2.75) is 47.5 Å². The van der Waals surface area contributed by atoms with E-state index in [4.69, 9.17) is 0 Å². The molecule has 1 nitrogen and oxygen atoms in total. The van der Waals surface area contributed by atoms with Gasteiger partial charge in [-0.25, -0.2) is 0 Å². The molecule has 1 heteroatoms. The molecule has 0 radical (unpaired) electrons. The van der Waals surface area contributed by atoms with Gasteiger partial charge in [0.15, 0.2) is 0 Å². The molecule has 0 aromatic heterocycles. The van der Waals surface area contributed by atoms with Crippen LogP contribution in [-0.2, 0) is 11.2 Å². The van der Waals surface area contributed by atoms with E-state index >= 15 is 0 Å². The zero-order valence-electron chi connectivity index (χ0n) is 11.1. The highest BCUT2D eigenvalue weighted by Crippen LogP contribution is 2.21. The molecular formula is C15H22O. The maximum absolute atomic E-state index is 11.5. The van der Waals surface area contributed by atoms with Crippen LogP contribution in [-0.4, -0.2) is 5.78 Å². The summed E-state index contributed by atoms with van der Waals surface area (Å²) in [6, 6.07) is 4.41. The van der Waals surface area contributed by atoms with Crippen molar-refractivity contribution in [2.24, 2.45) is 5.92 Å². The third-order valence-corrected chi connectivity index (χ3v) is 3.36. The van der Waals surface area contributed by atoms with Crippen molar-refractivity contribution in [2.75, 3.05) is 0 Å². The van der Waals surface area contributed by atoms with E-state index in [2.05, 4.69) is 39.8 Å². The normalized spacial score (nSPS) is 12.6. The van der Waals surface area contributed by atoms with E-state index < -0.39 is 0 Å². The van der Waals surface area contributed by atoms with Crippen LogP contribution < -0.4 is 0 Å². The second kappa shape index (κ2) is 5.29. The zero-order valence-corrected chi connectivity index (χ0v) is 11.1. The summed E-state index contributed by atoms with van der Waals surface area (Å²) in [6.07, 6.45) is 1.83. The first-order valence-electron chi connectivity index (χ1n) is 6.02. The third-order valence-electron chi connectivity index (χ3n) is 3.36. The predicted molar refractivity (Wildman–Crippen MR) is 68.8 cm³/mol. The quantitative estimate of drug-likeness (QED) is 0.752. The van der Waals surface area contributed by atoms with Gasteiger partial charge in [-0.2, -0.15) is 0 Å². The molecule has 0 aliphatic carbocycles. The van der Waals surface area contributed by atoms with Crippen LogP contribution in [0, 0.1) is 26.7 Å². The van der Waals surface area contributed by atoms with Gasteiger partial charge in [0.05, 0.1) is 0 Å². The molecule has 1 rings (SSSR count). The fourth-order valence-electron chi connectivity index (χ4n) is 2.35. The molecular weight excluding hydrogens is 196 g/mol. The first-order valence-corrected chi connectivity index (χ1v) is 6.02. The van der Waals surface area contributed by atoms with Crippen molar-refractivity contribution in [3.63, 3.8) is 0 Å². The summed E-state index contributed by atoms with van der Waals surface area (Å²) in [4.78, 5) is 11.5. The van der Waals surface area contributed by atoms with Crippen molar-refractivity contribution >= 4 is 5.78 Å². The lowest BCUT2D eigenvalue weighted by atomic mass is 9.88. The van der Waals surface area contributed by atoms with Gasteiger partial charge in [-0.05, 0) is 57.2 Å². The Bertz CT molecular complexity index is 367. The van der Waals surface area contributed by atoms with Gasteiger partial charge >= 0.3 is 0 Å². The number of hydrogen-bond donors (Lipinski definition) is 0. The van der Waals surface area contributed by atoms with Crippen LogP contribution in [0.2, 0.25) is 0 Å². The van der Waals surface area contributed by atoms with Crippen molar-refractivity contribution in [1.29, 1.82) is 0 Å². The van der Waals surface area contributed by atoms with Crippen LogP contribution in [0.4, 0.5) is 0 Å². The number of aryl methyl sites for hydroxylation is 3. The highest BCUT2D eigenvalue weighted by Gasteiger charge is 2.15. The van der Waals surface area contributed by atoms with Crippen LogP contribution >= 0.6 is 0 Å². The lowest BCUT2D eigenvalue weighted by Crippen LogP contribution is -2.14. The maximum atomic E-state index is 11.5. The maximum Gasteiger partial charge on any atom is 0.133 e. The van der Waals surface area contributed by atoms with Crippen molar-refractivity contribution < 1.29 is 4.79 Å². The molecule has 0 heterocycles. The summed E-state index contributed by atoms with van der Waals surface area (Å²) in [6.45, 7) is 10.2. The van der Waals surface area contributed by atoms with Crippen molar-refractivity contribution in [3.8, 4) is 0 Å². The average Bonchev–Trinajstić information content (AvgIpc) is 2.15. The van der Waals surface area contributed by atoms with E-state index in [9.17, 15) is 4.79 Å². The summed E-state index contributed by atoms with van der Waals surface area (Å²) in [5.41, 5.74) is 5.29. The van der Waals surface area contributed by atoms with Crippen LogP contribution in [0.25, 0.3) is 0 Å². The Morgan fingerprint density at radius 1 is 1.19 bits per heavy atom. The van der Waals surface area contributed by atoms with Gasteiger partial charge in [-0.15, -0.1) is 0 Å². The number of Topliss-reactive ketones (excluding diaryl/α,β-unsaturated/α-hetero) is 1. The van der Waals surface area contributed by atoms with E-state index in [1.165, 1.54) is 22.3 Å². The molecule has 16 heavy (non-hydrogen) atoms. The molecule has 0 amide bonds. The lowest BCUT2D eigenvalue weighted by Gasteiger charge is -2.16. The number of hydrogen-bond acceptors (Lipinski definition) is 1. The zero-order chi connectivity index (χ0) is 12.3. The molecule has 0 saturated heterocycles. The van der Waals surface area contributed by atoms with Crippen LogP contribution in [0.1, 0.15) is 42.5 Å². The highest BCUT2D eigenvalue weighted by molar-refractivity contribution is 5.78. The molecule has 1 unspecified atom stereocenters. The Hall–Kier alpha value is -1.11. The van der Waals surface area contributed by atoms with Gasteiger partial charge in [0.25, 0.3) is 0 Å². The van der Waals surface area contributed by atoms with Crippen molar-refractivity contribution in [3.05, 3.63) is 34.4 Å². The van der Waals surface area contributed by atoms with Crippen LogP contribution in [0.15, 0.2) is 12.1 Å². The van der Waals surface area contributed by atoms with Gasteiger partial charge in [0, 0.05) is 5.92 Å².